The van der Waals surface area contributed by atoms with E-state index in [-0.39, 0.29) is 6.10 Å². The summed E-state index contributed by atoms with van der Waals surface area (Å²) in [6, 6.07) is 0. The summed E-state index contributed by atoms with van der Waals surface area (Å²) in [5.74, 6) is 2.77. The molecule has 3 rings (SSSR count). The van der Waals surface area contributed by atoms with E-state index in [4.69, 9.17) is 0 Å². The van der Waals surface area contributed by atoms with E-state index in [1.807, 2.05) is 13.8 Å². The first-order chi connectivity index (χ1) is 15.7. The lowest BCUT2D eigenvalue weighted by Gasteiger charge is -2.44. The molecule has 3 fully saturated rings. The van der Waals surface area contributed by atoms with Crippen LogP contribution in [0.25, 0.3) is 0 Å². The minimum Gasteiger partial charge on any atom is -0.393 e. The zero-order valence-corrected chi connectivity index (χ0v) is 23.1. The number of fused-ring (bicyclic) bond motifs is 1. The Labute approximate surface area is 206 Å². The molecule has 0 aromatic heterocycles. The second kappa shape index (κ2) is 12.9. The lowest BCUT2D eigenvalue weighted by molar-refractivity contribution is 0.0178. The van der Waals surface area contributed by atoms with Crippen molar-refractivity contribution >= 4 is 0 Å². The molecule has 0 aromatic rings. The first kappa shape index (κ1) is 28.6. The van der Waals surface area contributed by atoms with Crippen molar-refractivity contribution in [1.29, 1.82) is 0 Å². The van der Waals surface area contributed by atoms with Gasteiger partial charge in [0.25, 0.3) is 0 Å². The zero-order chi connectivity index (χ0) is 24.6. The molecule has 3 unspecified atom stereocenters. The smallest absolute Gasteiger partial charge is 0.0642 e. The Morgan fingerprint density at radius 3 is 2.42 bits per heavy atom. The topological polar surface area (TPSA) is 40.5 Å². The molecule has 3 aliphatic rings. The highest BCUT2D eigenvalue weighted by molar-refractivity contribution is 5.26. The predicted molar refractivity (Wildman–Crippen MR) is 143 cm³/mol. The van der Waals surface area contributed by atoms with Gasteiger partial charge in [-0.1, -0.05) is 84.6 Å². The van der Waals surface area contributed by atoms with Crippen LogP contribution in [-0.2, 0) is 0 Å². The van der Waals surface area contributed by atoms with Crippen LogP contribution in [0.1, 0.15) is 132 Å². The molecule has 0 heterocycles. The van der Waals surface area contributed by atoms with Crippen molar-refractivity contribution in [3.63, 3.8) is 0 Å². The number of allylic oxidation sites excluding steroid dienone is 3. The standard InChI is InChI=1S/C29H50O2.C2H6/c1-6-29(31,7-2)19-8-10-21(3)25-16-17-26-24(11-9-18-28(25,26)5)15-14-23-13-12-22(4)27(30)20-23;1-2/h14-15,21-22,25-27,30-31H,6-13,16-20H2,1-5H3;1-2H3/b23-14-,24-15+;/t21-,22+,25?,26?,27?,28+;/m0./s1. The molecule has 33 heavy (non-hydrogen) atoms. The number of aliphatic hydroxyl groups is 2. The average Bonchev–Trinajstić information content (AvgIpc) is 3.18. The third kappa shape index (κ3) is 6.97. The van der Waals surface area contributed by atoms with E-state index in [1.165, 1.54) is 44.1 Å². The Morgan fingerprint density at radius 2 is 1.79 bits per heavy atom. The van der Waals surface area contributed by atoms with Gasteiger partial charge in [0.05, 0.1) is 11.7 Å². The van der Waals surface area contributed by atoms with Crippen LogP contribution in [0.3, 0.4) is 0 Å². The molecule has 192 valence electrons. The normalized spacial score (nSPS) is 35.8. The van der Waals surface area contributed by atoms with E-state index >= 15 is 0 Å². The van der Waals surface area contributed by atoms with E-state index in [2.05, 4.69) is 46.8 Å². The van der Waals surface area contributed by atoms with E-state index in [1.54, 1.807) is 5.57 Å². The average molecular weight is 461 g/mol. The van der Waals surface area contributed by atoms with Gasteiger partial charge in [0.1, 0.15) is 0 Å². The second-order valence-electron chi connectivity index (χ2n) is 11.8. The minimum atomic E-state index is -0.444. The van der Waals surface area contributed by atoms with Gasteiger partial charge in [-0.2, -0.15) is 0 Å². The van der Waals surface area contributed by atoms with Gasteiger partial charge >= 0.3 is 0 Å². The van der Waals surface area contributed by atoms with Crippen molar-refractivity contribution in [2.24, 2.45) is 29.1 Å². The van der Waals surface area contributed by atoms with Crippen LogP contribution in [0, 0.1) is 29.1 Å². The Morgan fingerprint density at radius 1 is 1.09 bits per heavy atom. The highest BCUT2D eigenvalue weighted by Crippen LogP contribution is 2.60. The zero-order valence-electron chi connectivity index (χ0n) is 23.1. The summed E-state index contributed by atoms with van der Waals surface area (Å²) in [7, 11) is 0. The molecule has 0 aromatic carbocycles. The van der Waals surface area contributed by atoms with Crippen LogP contribution in [-0.4, -0.2) is 21.9 Å². The van der Waals surface area contributed by atoms with Crippen LogP contribution < -0.4 is 0 Å². The molecule has 3 saturated carbocycles. The van der Waals surface area contributed by atoms with Crippen LogP contribution in [0.15, 0.2) is 23.3 Å². The highest BCUT2D eigenvalue weighted by Gasteiger charge is 2.50. The summed E-state index contributed by atoms with van der Waals surface area (Å²) >= 11 is 0. The number of rotatable bonds is 8. The van der Waals surface area contributed by atoms with E-state index < -0.39 is 5.60 Å². The summed E-state index contributed by atoms with van der Waals surface area (Å²) in [6.45, 7) is 15.5. The maximum atomic E-state index is 10.6. The fraction of sp³-hybridized carbons (Fsp3) is 0.871. The molecular weight excluding hydrogens is 404 g/mol. The third-order valence-electron chi connectivity index (χ3n) is 9.92. The van der Waals surface area contributed by atoms with Crippen molar-refractivity contribution in [2.75, 3.05) is 0 Å². The lowest BCUT2D eigenvalue weighted by atomic mass is 9.60. The van der Waals surface area contributed by atoms with Crippen molar-refractivity contribution in [2.45, 2.75) is 144 Å². The largest absolute Gasteiger partial charge is 0.393 e. The molecule has 0 bridgehead atoms. The molecule has 2 heteroatoms. The molecule has 6 atom stereocenters. The van der Waals surface area contributed by atoms with Gasteiger partial charge in [-0.3, -0.25) is 0 Å². The van der Waals surface area contributed by atoms with Gasteiger partial charge in [0.2, 0.25) is 0 Å². The van der Waals surface area contributed by atoms with Crippen molar-refractivity contribution in [1.82, 2.24) is 0 Å². The molecule has 0 radical (unpaired) electrons. The highest BCUT2D eigenvalue weighted by atomic mass is 16.3. The van der Waals surface area contributed by atoms with Gasteiger partial charge in [0, 0.05) is 0 Å². The Balaban J connectivity index is 0.00000187. The van der Waals surface area contributed by atoms with Gasteiger partial charge in [0.15, 0.2) is 0 Å². The van der Waals surface area contributed by atoms with Crippen LogP contribution in [0.5, 0.6) is 0 Å². The number of hydrogen-bond donors (Lipinski definition) is 2. The van der Waals surface area contributed by atoms with Crippen LogP contribution >= 0.6 is 0 Å². The third-order valence-corrected chi connectivity index (χ3v) is 9.92. The quantitative estimate of drug-likeness (QED) is 0.380. The Kier molecular flexibility index (Phi) is 11.2. The summed E-state index contributed by atoms with van der Waals surface area (Å²) < 4.78 is 0. The predicted octanol–water partition coefficient (Wildman–Crippen LogP) is 8.62. The Bertz CT molecular complexity index is 643. The maximum absolute atomic E-state index is 10.6. The van der Waals surface area contributed by atoms with Crippen LogP contribution in [0.2, 0.25) is 0 Å². The van der Waals surface area contributed by atoms with Gasteiger partial charge in [-0.15, -0.1) is 0 Å². The summed E-state index contributed by atoms with van der Waals surface area (Å²) in [4.78, 5) is 0. The number of hydrogen-bond acceptors (Lipinski definition) is 2. The van der Waals surface area contributed by atoms with Crippen molar-refractivity contribution in [3.05, 3.63) is 23.3 Å². The molecule has 2 nitrogen and oxygen atoms in total. The summed E-state index contributed by atoms with van der Waals surface area (Å²) in [5.41, 5.74) is 3.15. The first-order valence-electron chi connectivity index (χ1n) is 14.5. The molecule has 0 amide bonds. The molecule has 2 N–H and O–H groups in total. The van der Waals surface area contributed by atoms with E-state index in [0.717, 1.165) is 62.7 Å². The molecule has 3 aliphatic carbocycles. The molecule has 0 aliphatic heterocycles. The number of aliphatic hydroxyl groups excluding tert-OH is 1. The molecule has 0 saturated heterocycles. The fourth-order valence-corrected chi connectivity index (χ4v) is 7.33. The van der Waals surface area contributed by atoms with Gasteiger partial charge in [-0.25, -0.2) is 0 Å². The Hall–Kier alpha value is -0.600. The van der Waals surface area contributed by atoms with E-state index in [9.17, 15) is 10.2 Å². The SMILES string of the molecule is CC.CCC(O)(CC)CCC[C@H](C)C1CCC2/C(=C/C=C3/CC[C@@H](C)C(O)C3)CCC[C@@]21C. The summed E-state index contributed by atoms with van der Waals surface area (Å²) in [5, 5.41) is 20.9. The second-order valence-corrected chi connectivity index (χ2v) is 11.8. The van der Waals surface area contributed by atoms with E-state index in [0.29, 0.717) is 11.3 Å². The van der Waals surface area contributed by atoms with Gasteiger partial charge in [-0.05, 0) is 99.7 Å². The monoisotopic (exact) mass is 460 g/mol. The van der Waals surface area contributed by atoms with Crippen molar-refractivity contribution < 1.29 is 10.2 Å². The molecular formula is C31H56O2. The van der Waals surface area contributed by atoms with Crippen molar-refractivity contribution in [3.8, 4) is 0 Å². The summed E-state index contributed by atoms with van der Waals surface area (Å²) in [6.07, 6.45) is 19.7. The van der Waals surface area contributed by atoms with Gasteiger partial charge < -0.3 is 10.2 Å². The first-order valence-corrected chi connectivity index (χ1v) is 14.5. The maximum Gasteiger partial charge on any atom is 0.0642 e. The van der Waals surface area contributed by atoms with Crippen LogP contribution in [0.4, 0.5) is 0 Å². The molecule has 0 spiro atoms. The lowest BCUT2D eigenvalue weighted by Crippen LogP contribution is -2.36. The fourth-order valence-electron chi connectivity index (χ4n) is 7.33. The minimum absolute atomic E-state index is 0.148.